The third-order valence-electron chi connectivity index (χ3n) is 4.63. The van der Waals surface area contributed by atoms with Crippen LogP contribution < -0.4 is 16.2 Å². The van der Waals surface area contributed by atoms with E-state index in [4.69, 9.17) is 0 Å². The maximum Gasteiger partial charge on any atom is 0.255 e. The van der Waals surface area contributed by atoms with Crippen molar-refractivity contribution >= 4 is 24.2 Å². The van der Waals surface area contributed by atoms with Gasteiger partial charge in [-0.05, 0) is 46.2 Å². The molecule has 2 heterocycles. The van der Waals surface area contributed by atoms with Crippen molar-refractivity contribution in [3.8, 4) is 0 Å². The van der Waals surface area contributed by atoms with Crippen LogP contribution in [0.3, 0.4) is 0 Å². The van der Waals surface area contributed by atoms with E-state index in [-0.39, 0.29) is 48.4 Å². The molecule has 2 N–H and O–H groups in total. The van der Waals surface area contributed by atoms with Gasteiger partial charge in [-0.25, -0.2) is 0 Å². The number of nitrogens with one attached hydrogen (secondary N) is 2. The Labute approximate surface area is 160 Å². The molecule has 2 amide bonds. The molecule has 7 nitrogen and oxygen atoms in total. The summed E-state index contributed by atoms with van der Waals surface area (Å²) in [5.41, 5.74) is 1.42. The monoisotopic (exact) mass is 384 g/mol. The zero-order chi connectivity index (χ0) is 18.7. The van der Waals surface area contributed by atoms with Gasteiger partial charge in [0.15, 0.2) is 0 Å². The fourth-order valence-electron chi connectivity index (χ4n) is 3.26. The zero-order valence-electron chi connectivity index (χ0n) is 16.1. The number of hydrogen-bond acceptors (Lipinski definition) is 4. The van der Waals surface area contributed by atoms with Gasteiger partial charge in [0, 0.05) is 37.4 Å². The lowest BCUT2D eigenvalue weighted by Crippen LogP contribution is -2.41. The molecule has 0 saturated carbocycles. The molecule has 1 saturated heterocycles. The topological polar surface area (TPSA) is 83.4 Å². The van der Waals surface area contributed by atoms with Crippen LogP contribution in [0.2, 0.25) is 0 Å². The Morgan fingerprint density at radius 1 is 1.38 bits per heavy atom. The molecule has 146 valence electrons. The first-order chi connectivity index (χ1) is 11.7. The Morgan fingerprint density at radius 3 is 2.58 bits per heavy atom. The second kappa shape index (κ2) is 9.19. The molecule has 1 aromatic rings. The lowest BCUT2D eigenvalue weighted by Gasteiger charge is -2.26. The summed E-state index contributed by atoms with van der Waals surface area (Å²) in [4.78, 5) is 39.1. The van der Waals surface area contributed by atoms with Gasteiger partial charge in [-0.2, -0.15) is 0 Å². The van der Waals surface area contributed by atoms with E-state index < -0.39 is 0 Å². The number of carbonyl (C=O) groups excluding carboxylic acids is 2. The largest absolute Gasteiger partial charge is 0.352 e. The highest BCUT2D eigenvalue weighted by Gasteiger charge is 2.27. The number of aryl methyl sites for hydroxylation is 1. The summed E-state index contributed by atoms with van der Waals surface area (Å²) in [6, 6.07) is 1.58. The van der Waals surface area contributed by atoms with E-state index in [0.29, 0.717) is 16.8 Å². The van der Waals surface area contributed by atoms with Crippen LogP contribution in [-0.2, 0) is 11.3 Å². The molecule has 2 rings (SSSR count). The SMILES string of the molecule is Cc1cc(=O)n(CC(=O)NC(C)C)c(C)c1C(=O)N(C)C1CCNC1.Cl. The predicted octanol–water partition coefficient (Wildman–Crippen LogP) is 0.845. The second-order valence-electron chi connectivity index (χ2n) is 7.00. The lowest BCUT2D eigenvalue weighted by molar-refractivity contribution is -0.122. The maximum atomic E-state index is 13.0. The Hall–Kier alpha value is -1.86. The van der Waals surface area contributed by atoms with Gasteiger partial charge >= 0.3 is 0 Å². The molecule has 1 atom stereocenters. The number of aromatic nitrogens is 1. The summed E-state index contributed by atoms with van der Waals surface area (Å²) in [7, 11) is 1.79. The summed E-state index contributed by atoms with van der Waals surface area (Å²) >= 11 is 0. The van der Waals surface area contributed by atoms with Crippen LogP contribution in [-0.4, -0.2) is 53.5 Å². The number of carbonyl (C=O) groups is 2. The van der Waals surface area contributed by atoms with E-state index in [2.05, 4.69) is 10.6 Å². The Bertz CT molecular complexity index is 724. The van der Waals surface area contributed by atoms with Crippen LogP contribution in [0.25, 0.3) is 0 Å². The quantitative estimate of drug-likeness (QED) is 0.788. The van der Waals surface area contributed by atoms with Gasteiger partial charge in [0.25, 0.3) is 11.5 Å². The van der Waals surface area contributed by atoms with Gasteiger partial charge in [-0.15, -0.1) is 12.4 Å². The molecule has 8 heteroatoms. The molecular weight excluding hydrogens is 356 g/mol. The number of rotatable bonds is 5. The van der Waals surface area contributed by atoms with E-state index in [0.717, 1.165) is 19.5 Å². The minimum Gasteiger partial charge on any atom is -0.352 e. The van der Waals surface area contributed by atoms with Gasteiger partial charge in [-0.3, -0.25) is 14.4 Å². The zero-order valence-corrected chi connectivity index (χ0v) is 16.9. The van der Waals surface area contributed by atoms with Crippen molar-refractivity contribution in [2.45, 2.75) is 52.7 Å². The molecule has 0 spiro atoms. The summed E-state index contributed by atoms with van der Waals surface area (Å²) in [5, 5.41) is 6.03. The number of amides is 2. The third kappa shape index (κ3) is 4.86. The molecule has 1 unspecified atom stereocenters. The van der Waals surface area contributed by atoms with Gasteiger partial charge in [0.2, 0.25) is 5.91 Å². The standard InChI is InChI=1S/C18H28N4O3.ClH/c1-11(2)20-15(23)10-22-13(4)17(12(3)8-16(22)24)18(25)21(5)14-6-7-19-9-14;/h8,11,14,19H,6-7,9-10H2,1-5H3,(H,20,23);1H. The van der Waals surface area contributed by atoms with E-state index in [1.165, 1.54) is 10.6 Å². The molecule has 0 aliphatic carbocycles. The third-order valence-corrected chi connectivity index (χ3v) is 4.63. The summed E-state index contributed by atoms with van der Waals surface area (Å²) in [6.07, 6.45) is 0.913. The summed E-state index contributed by atoms with van der Waals surface area (Å²) in [6.45, 7) is 8.81. The normalized spacial score (nSPS) is 16.3. The minimum atomic E-state index is -0.268. The number of hydrogen-bond donors (Lipinski definition) is 2. The van der Waals surface area contributed by atoms with Crippen molar-refractivity contribution in [1.82, 2.24) is 20.1 Å². The van der Waals surface area contributed by atoms with Crippen molar-refractivity contribution < 1.29 is 9.59 Å². The summed E-state index contributed by atoms with van der Waals surface area (Å²) < 4.78 is 1.37. The maximum absolute atomic E-state index is 13.0. The van der Waals surface area contributed by atoms with E-state index in [1.807, 2.05) is 13.8 Å². The first-order valence-corrected chi connectivity index (χ1v) is 8.70. The van der Waals surface area contributed by atoms with Crippen LogP contribution in [0.15, 0.2) is 10.9 Å². The Balaban J connectivity index is 0.00000338. The molecule has 0 radical (unpaired) electrons. The van der Waals surface area contributed by atoms with Crippen molar-refractivity contribution in [3.63, 3.8) is 0 Å². The number of halogens is 1. The molecule has 1 aliphatic rings. The second-order valence-corrected chi connectivity index (χ2v) is 7.00. The van der Waals surface area contributed by atoms with Crippen LogP contribution in [0.5, 0.6) is 0 Å². The number of nitrogens with zero attached hydrogens (tertiary/aromatic N) is 2. The van der Waals surface area contributed by atoms with Gasteiger partial charge in [0.05, 0.1) is 5.56 Å². The Morgan fingerprint density at radius 2 is 2.04 bits per heavy atom. The first-order valence-electron chi connectivity index (χ1n) is 8.70. The minimum absolute atomic E-state index is 0. The highest BCUT2D eigenvalue weighted by Crippen LogP contribution is 2.17. The smallest absolute Gasteiger partial charge is 0.255 e. The Kier molecular flexibility index (Phi) is 7.84. The predicted molar refractivity (Wildman–Crippen MR) is 104 cm³/mol. The van der Waals surface area contributed by atoms with Crippen molar-refractivity contribution in [3.05, 3.63) is 33.2 Å². The van der Waals surface area contributed by atoms with Gasteiger partial charge < -0.3 is 20.1 Å². The van der Waals surface area contributed by atoms with Crippen LogP contribution >= 0.6 is 12.4 Å². The molecule has 0 aromatic carbocycles. The average molecular weight is 385 g/mol. The summed E-state index contributed by atoms with van der Waals surface area (Å²) in [5.74, 6) is -0.350. The van der Waals surface area contributed by atoms with Crippen LogP contribution in [0.1, 0.15) is 41.9 Å². The number of likely N-dealkylation sites (N-methyl/N-ethyl adjacent to an activating group) is 1. The fraction of sp³-hybridized carbons (Fsp3) is 0.611. The van der Waals surface area contributed by atoms with Crippen molar-refractivity contribution in [2.24, 2.45) is 0 Å². The van der Waals surface area contributed by atoms with Gasteiger partial charge in [0.1, 0.15) is 6.54 Å². The molecule has 1 aliphatic heterocycles. The van der Waals surface area contributed by atoms with E-state index in [9.17, 15) is 14.4 Å². The van der Waals surface area contributed by atoms with E-state index >= 15 is 0 Å². The molecule has 0 bridgehead atoms. The van der Waals surface area contributed by atoms with Crippen molar-refractivity contribution in [1.29, 1.82) is 0 Å². The van der Waals surface area contributed by atoms with Crippen LogP contribution in [0, 0.1) is 13.8 Å². The van der Waals surface area contributed by atoms with Gasteiger partial charge in [-0.1, -0.05) is 0 Å². The fourth-order valence-corrected chi connectivity index (χ4v) is 3.26. The highest BCUT2D eigenvalue weighted by molar-refractivity contribution is 5.96. The number of pyridine rings is 1. The molecule has 1 fully saturated rings. The van der Waals surface area contributed by atoms with E-state index in [1.54, 1.807) is 25.8 Å². The average Bonchev–Trinajstić information content (AvgIpc) is 3.04. The molecule has 26 heavy (non-hydrogen) atoms. The lowest BCUT2D eigenvalue weighted by atomic mass is 10.0. The molecule has 1 aromatic heterocycles. The molecular formula is C18H29ClN4O3. The first kappa shape index (κ1) is 22.2. The highest BCUT2D eigenvalue weighted by atomic mass is 35.5. The van der Waals surface area contributed by atoms with Crippen LogP contribution in [0.4, 0.5) is 0 Å². The van der Waals surface area contributed by atoms with Crippen molar-refractivity contribution in [2.75, 3.05) is 20.1 Å².